The van der Waals surface area contributed by atoms with Crippen LogP contribution in [0.3, 0.4) is 0 Å². The molecule has 0 radical (unpaired) electrons. The van der Waals surface area contributed by atoms with Gasteiger partial charge in [-0.25, -0.2) is 14.2 Å². The lowest BCUT2D eigenvalue weighted by Crippen LogP contribution is -2.42. The molecule has 0 spiro atoms. The Kier molecular flexibility index (Phi) is 4.99. The normalized spacial score (nSPS) is 12.1. The van der Waals surface area contributed by atoms with E-state index in [-0.39, 0.29) is 0 Å². The molecule has 0 aliphatic carbocycles. The number of methoxy groups -OCH3 is 2. The minimum Gasteiger partial charge on any atom is -0.469 e. The summed E-state index contributed by atoms with van der Waals surface area (Å²) in [5.41, 5.74) is -1.41. The summed E-state index contributed by atoms with van der Waals surface area (Å²) in [5, 5.41) is 0.296. The number of carbonyl (C=O) groups is 2. The number of aromatic nitrogens is 2. The third-order valence-corrected chi connectivity index (χ3v) is 4.59. The van der Waals surface area contributed by atoms with Crippen molar-refractivity contribution < 1.29 is 19.1 Å². The van der Waals surface area contributed by atoms with Crippen LogP contribution in [-0.4, -0.2) is 35.7 Å². The van der Waals surface area contributed by atoms with Gasteiger partial charge in [-0.3, -0.25) is 14.6 Å². The molecule has 1 atom stereocenters. The van der Waals surface area contributed by atoms with Crippen LogP contribution in [0.15, 0.2) is 15.7 Å². The number of rotatable bonds is 5. The average Bonchev–Trinajstić information content (AvgIpc) is 2.96. The van der Waals surface area contributed by atoms with E-state index in [1.165, 1.54) is 11.3 Å². The van der Waals surface area contributed by atoms with Crippen molar-refractivity contribution >= 4 is 33.5 Å². The molecule has 1 N–H and O–H groups in total. The lowest BCUT2D eigenvalue weighted by atomic mass is 10.2. The number of ether oxygens (including phenoxy) is 2. The summed E-state index contributed by atoms with van der Waals surface area (Å²) >= 11 is 1.30. The van der Waals surface area contributed by atoms with Gasteiger partial charge in [-0.05, 0) is 12.5 Å². The first-order valence-electron chi connectivity index (χ1n) is 6.84. The first-order chi connectivity index (χ1) is 10.9. The second-order valence-corrected chi connectivity index (χ2v) is 5.87. The zero-order chi connectivity index (χ0) is 17.1. The van der Waals surface area contributed by atoms with Crippen molar-refractivity contribution in [2.45, 2.75) is 25.8 Å². The van der Waals surface area contributed by atoms with Crippen LogP contribution < -0.4 is 11.2 Å². The molecular formula is C14H16N2O6S. The first-order valence-corrected chi connectivity index (χ1v) is 7.66. The second-order valence-electron chi connectivity index (χ2n) is 4.73. The number of hydrogen-bond acceptors (Lipinski definition) is 7. The van der Waals surface area contributed by atoms with Gasteiger partial charge in [-0.2, -0.15) is 0 Å². The smallest absolute Gasteiger partial charge is 0.330 e. The number of aromatic amines is 1. The number of nitrogens with one attached hydrogen (secondary N) is 1. The number of nitrogens with zero attached hydrogens (tertiary/aromatic N) is 1. The van der Waals surface area contributed by atoms with Gasteiger partial charge in [0.1, 0.15) is 10.9 Å². The Morgan fingerprint density at radius 3 is 2.57 bits per heavy atom. The maximum Gasteiger partial charge on any atom is 0.330 e. The zero-order valence-electron chi connectivity index (χ0n) is 12.9. The zero-order valence-corrected chi connectivity index (χ0v) is 13.7. The maximum absolute atomic E-state index is 12.6. The molecule has 23 heavy (non-hydrogen) atoms. The van der Waals surface area contributed by atoms with Crippen LogP contribution in [0.4, 0.5) is 0 Å². The summed E-state index contributed by atoms with van der Waals surface area (Å²) in [6.07, 6.45) is 0.242. The van der Waals surface area contributed by atoms with Crippen molar-refractivity contribution in [2.24, 2.45) is 0 Å². The number of carbonyl (C=O) groups excluding carboxylic acids is 2. The number of esters is 2. The van der Waals surface area contributed by atoms with E-state index in [0.717, 1.165) is 19.1 Å². The van der Waals surface area contributed by atoms with Gasteiger partial charge in [0.15, 0.2) is 0 Å². The Labute approximate surface area is 134 Å². The van der Waals surface area contributed by atoms with Crippen molar-refractivity contribution in [1.82, 2.24) is 9.55 Å². The second kappa shape index (κ2) is 6.78. The van der Waals surface area contributed by atoms with Gasteiger partial charge in [0, 0.05) is 4.88 Å². The summed E-state index contributed by atoms with van der Waals surface area (Å²) in [6, 6.07) is 0.291. The summed E-state index contributed by atoms with van der Waals surface area (Å²) in [7, 11) is 2.27. The Morgan fingerprint density at radius 1 is 1.30 bits per heavy atom. The fraction of sp³-hybridized carbons (Fsp3) is 0.429. The van der Waals surface area contributed by atoms with Crippen LogP contribution in [0.1, 0.15) is 24.3 Å². The molecule has 0 saturated heterocycles. The lowest BCUT2D eigenvalue weighted by molar-refractivity contribution is -0.151. The number of aryl methyl sites for hydroxylation is 1. The van der Waals surface area contributed by atoms with Gasteiger partial charge in [0.05, 0.1) is 26.0 Å². The van der Waals surface area contributed by atoms with Crippen LogP contribution in [-0.2, 0) is 25.5 Å². The van der Waals surface area contributed by atoms with Crippen molar-refractivity contribution in [3.63, 3.8) is 0 Å². The third kappa shape index (κ3) is 3.19. The first kappa shape index (κ1) is 16.9. The van der Waals surface area contributed by atoms with Crippen molar-refractivity contribution in [3.8, 4) is 0 Å². The standard InChI is InChI=1S/C14H16N2O6S/c1-4-7-5-8-11(23-7)15-14(20)16(12(8)18)9(13(19)22-3)6-10(17)21-2/h5,9H,4,6H2,1-3H3,(H,15,20). The molecule has 0 aliphatic rings. The highest BCUT2D eigenvalue weighted by Gasteiger charge is 2.29. The number of thiophene rings is 1. The highest BCUT2D eigenvalue weighted by atomic mass is 32.1. The minimum absolute atomic E-state index is 0.296. The van der Waals surface area contributed by atoms with Crippen molar-refractivity contribution in [1.29, 1.82) is 0 Å². The van der Waals surface area contributed by atoms with E-state index in [9.17, 15) is 19.2 Å². The van der Waals surface area contributed by atoms with Crippen LogP contribution in [0.25, 0.3) is 10.2 Å². The van der Waals surface area contributed by atoms with Crippen LogP contribution in [0.2, 0.25) is 0 Å². The molecule has 0 aromatic carbocycles. The molecular weight excluding hydrogens is 324 g/mol. The molecule has 2 aromatic heterocycles. The molecule has 1 unspecified atom stereocenters. The molecule has 0 saturated carbocycles. The molecule has 2 aromatic rings. The number of fused-ring (bicyclic) bond motifs is 1. The van der Waals surface area contributed by atoms with Gasteiger partial charge in [-0.1, -0.05) is 6.92 Å². The summed E-state index contributed by atoms with van der Waals surface area (Å²) in [4.78, 5) is 52.2. The minimum atomic E-state index is -1.38. The van der Waals surface area contributed by atoms with E-state index >= 15 is 0 Å². The van der Waals surface area contributed by atoms with Gasteiger partial charge in [0.2, 0.25) is 0 Å². The third-order valence-electron chi connectivity index (χ3n) is 3.39. The maximum atomic E-state index is 12.6. The van der Waals surface area contributed by atoms with E-state index in [1.807, 2.05) is 6.92 Å². The highest BCUT2D eigenvalue weighted by Crippen LogP contribution is 2.21. The molecule has 2 rings (SSSR count). The Hall–Kier alpha value is -2.42. The number of H-pyrrole nitrogens is 1. The Morgan fingerprint density at radius 2 is 2.00 bits per heavy atom. The van der Waals surface area contributed by atoms with Gasteiger partial charge in [-0.15, -0.1) is 11.3 Å². The Balaban J connectivity index is 2.67. The summed E-state index contributed by atoms with van der Waals surface area (Å²) in [6.45, 7) is 1.93. The van der Waals surface area contributed by atoms with E-state index < -0.39 is 35.7 Å². The van der Waals surface area contributed by atoms with E-state index in [2.05, 4.69) is 14.5 Å². The van der Waals surface area contributed by atoms with E-state index in [4.69, 9.17) is 0 Å². The molecule has 0 bridgehead atoms. The molecule has 2 heterocycles. The van der Waals surface area contributed by atoms with Gasteiger partial charge < -0.3 is 9.47 Å². The average molecular weight is 340 g/mol. The topological polar surface area (TPSA) is 107 Å². The largest absolute Gasteiger partial charge is 0.469 e. The van der Waals surface area contributed by atoms with Crippen molar-refractivity contribution in [2.75, 3.05) is 14.2 Å². The molecule has 8 nitrogen and oxygen atoms in total. The molecule has 0 fully saturated rings. The van der Waals surface area contributed by atoms with Crippen LogP contribution >= 0.6 is 11.3 Å². The Bertz CT molecular complexity index is 862. The fourth-order valence-corrected chi connectivity index (χ4v) is 3.17. The molecule has 0 aliphatic heterocycles. The fourth-order valence-electron chi connectivity index (χ4n) is 2.19. The molecule has 124 valence electrons. The predicted molar refractivity (Wildman–Crippen MR) is 83.8 cm³/mol. The monoisotopic (exact) mass is 340 g/mol. The van der Waals surface area contributed by atoms with E-state index in [0.29, 0.717) is 21.2 Å². The summed E-state index contributed by atoms with van der Waals surface area (Å²) < 4.78 is 9.82. The van der Waals surface area contributed by atoms with Crippen LogP contribution in [0.5, 0.6) is 0 Å². The van der Waals surface area contributed by atoms with Crippen molar-refractivity contribution in [3.05, 3.63) is 31.8 Å². The SMILES string of the molecule is CCc1cc2c(=O)n(C(CC(=O)OC)C(=O)OC)c(=O)[nH]c2s1. The quantitative estimate of drug-likeness (QED) is 0.798. The van der Waals surface area contributed by atoms with Gasteiger partial charge >= 0.3 is 17.6 Å². The predicted octanol–water partition coefficient (Wildman–Crippen LogP) is 0.591. The van der Waals surface area contributed by atoms with Gasteiger partial charge in [0.25, 0.3) is 5.56 Å². The number of hydrogen-bond donors (Lipinski definition) is 1. The lowest BCUT2D eigenvalue weighted by Gasteiger charge is -2.15. The summed E-state index contributed by atoms with van der Waals surface area (Å²) in [5.74, 6) is -1.60. The van der Waals surface area contributed by atoms with Crippen LogP contribution in [0, 0.1) is 0 Å². The molecule has 0 amide bonds. The highest BCUT2D eigenvalue weighted by molar-refractivity contribution is 7.18. The van der Waals surface area contributed by atoms with E-state index in [1.54, 1.807) is 6.07 Å². The molecule has 9 heteroatoms.